The number of halogens is 2. The molecule has 25 heavy (non-hydrogen) atoms. The minimum Gasteiger partial charge on any atom is -0.207 e. The standard InChI is InChI=1S/C23H26F2/c1-2-3-17-4-6-18(7-5-17)8-9-19-10-12-20(13-11-19)21-14-22(24)16-23(25)15-21/h8-18H,2-7H2,1H3. The Hall–Kier alpha value is -1.96. The Morgan fingerprint density at radius 1 is 0.880 bits per heavy atom. The van der Waals surface area contributed by atoms with E-state index in [0.717, 1.165) is 23.1 Å². The predicted octanol–water partition coefficient (Wildman–Crippen LogP) is 7.25. The second kappa shape index (κ2) is 8.42. The monoisotopic (exact) mass is 340 g/mol. The fraction of sp³-hybridized carbons (Fsp3) is 0.391. The van der Waals surface area contributed by atoms with Crippen molar-refractivity contribution in [2.24, 2.45) is 11.8 Å². The molecular formula is C23H26F2. The normalized spacial score (nSPS) is 20.9. The molecule has 2 aromatic rings. The molecule has 1 aliphatic rings. The molecule has 0 bridgehead atoms. The van der Waals surface area contributed by atoms with E-state index in [0.29, 0.717) is 11.5 Å². The molecule has 1 aliphatic carbocycles. The number of hydrogen-bond donors (Lipinski definition) is 0. The minimum atomic E-state index is -0.544. The van der Waals surface area contributed by atoms with Crippen molar-refractivity contribution in [1.29, 1.82) is 0 Å². The van der Waals surface area contributed by atoms with Crippen LogP contribution in [-0.4, -0.2) is 0 Å². The maximum Gasteiger partial charge on any atom is 0.126 e. The molecular weight excluding hydrogens is 314 g/mol. The molecule has 0 aromatic heterocycles. The van der Waals surface area contributed by atoms with Crippen molar-refractivity contribution < 1.29 is 8.78 Å². The molecule has 1 saturated carbocycles. The molecule has 0 amide bonds. The first-order valence-corrected chi connectivity index (χ1v) is 9.39. The molecule has 0 heterocycles. The van der Waals surface area contributed by atoms with Gasteiger partial charge in [-0.2, -0.15) is 0 Å². The van der Waals surface area contributed by atoms with Crippen molar-refractivity contribution in [3.8, 4) is 11.1 Å². The average Bonchev–Trinajstić information content (AvgIpc) is 2.61. The number of benzene rings is 2. The van der Waals surface area contributed by atoms with Crippen LogP contribution in [0.15, 0.2) is 48.5 Å². The zero-order chi connectivity index (χ0) is 17.6. The third-order valence-corrected chi connectivity index (χ3v) is 5.26. The Morgan fingerprint density at radius 2 is 1.52 bits per heavy atom. The first kappa shape index (κ1) is 17.8. The van der Waals surface area contributed by atoms with Crippen LogP contribution in [0.25, 0.3) is 17.2 Å². The largest absolute Gasteiger partial charge is 0.207 e. The second-order valence-corrected chi connectivity index (χ2v) is 7.21. The van der Waals surface area contributed by atoms with Gasteiger partial charge in [0.2, 0.25) is 0 Å². The van der Waals surface area contributed by atoms with Crippen LogP contribution in [0.5, 0.6) is 0 Å². The first-order chi connectivity index (χ1) is 12.1. The van der Waals surface area contributed by atoms with Crippen LogP contribution >= 0.6 is 0 Å². The highest BCUT2D eigenvalue weighted by Gasteiger charge is 2.18. The zero-order valence-electron chi connectivity index (χ0n) is 14.8. The van der Waals surface area contributed by atoms with Crippen LogP contribution in [-0.2, 0) is 0 Å². The second-order valence-electron chi connectivity index (χ2n) is 7.21. The lowest BCUT2D eigenvalue weighted by molar-refractivity contribution is 0.295. The highest BCUT2D eigenvalue weighted by Crippen LogP contribution is 2.32. The van der Waals surface area contributed by atoms with Crippen molar-refractivity contribution >= 4 is 6.08 Å². The summed E-state index contributed by atoms with van der Waals surface area (Å²) >= 11 is 0. The molecule has 0 atom stereocenters. The Morgan fingerprint density at radius 3 is 2.12 bits per heavy atom. The fourth-order valence-corrected chi connectivity index (χ4v) is 3.83. The van der Waals surface area contributed by atoms with Gasteiger partial charge >= 0.3 is 0 Å². The smallest absolute Gasteiger partial charge is 0.126 e. The Kier molecular flexibility index (Phi) is 6.01. The molecule has 132 valence electrons. The summed E-state index contributed by atoms with van der Waals surface area (Å²) in [5.41, 5.74) is 2.54. The van der Waals surface area contributed by atoms with Crippen LogP contribution in [0.4, 0.5) is 8.78 Å². The van der Waals surface area contributed by atoms with Gasteiger partial charge in [-0.3, -0.25) is 0 Å². The molecule has 0 N–H and O–H groups in total. The van der Waals surface area contributed by atoms with Gasteiger partial charge in [-0.25, -0.2) is 8.78 Å². The zero-order valence-corrected chi connectivity index (χ0v) is 14.8. The van der Waals surface area contributed by atoms with Crippen LogP contribution in [0.3, 0.4) is 0 Å². The van der Waals surface area contributed by atoms with E-state index in [4.69, 9.17) is 0 Å². The maximum atomic E-state index is 13.3. The molecule has 0 unspecified atom stereocenters. The van der Waals surface area contributed by atoms with E-state index in [2.05, 4.69) is 19.1 Å². The average molecular weight is 340 g/mol. The highest BCUT2D eigenvalue weighted by atomic mass is 19.1. The van der Waals surface area contributed by atoms with E-state index in [-0.39, 0.29) is 0 Å². The van der Waals surface area contributed by atoms with E-state index in [1.54, 1.807) is 0 Å². The van der Waals surface area contributed by atoms with Crippen molar-refractivity contribution in [1.82, 2.24) is 0 Å². The third-order valence-electron chi connectivity index (χ3n) is 5.26. The predicted molar refractivity (Wildman–Crippen MR) is 101 cm³/mol. The van der Waals surface area contributed by atoms with Gasteiger partial charge in [0.05, 0.1) is 0 Å². The van der Waals surface area contributed by atoms with Gasteiger partial charge in [0.25, 0.3) is 0 Å². The van der Waals surface area contributed by atoms with E-state index in [9.17, 15) is 8.78 Å². The molecule has 2 aromatic carbocycles. The van der Waals surface area contributed by atoms with E-state index >= 15 is 0 Å². The summed E-state index contributed by atoms with van der Waals surface area (Å²) in [5.74, 6) is 0.529. The molecule has 2 heteroatoms. The Balaban J connectivity index is 1.61. The SMILES string of the molecule is CCCC1CCC(C=Cc2ccc(-c3cc(F)cc(F)c3)cc2)CC1. The van der Waals surface area contributed by atoms with Crippen molar-refractivity contribution in [3.63, 3.8) is 0 Å². The molecule has 3 rings (SSSR count). The lowest BCUT2D eigenvalue weighted by Crippen LogP contribution is -2.12. The summed E-state index contributed by atoms with van der Waals surface area (Å²) in [5, 5.41) is 0. The van der Waals surface area contributed by atoms with Crippen LogP contribution in [0.1, 0.15) is 51.0 Å². The van der Waals surface area contributed by atoms with Crippen molar-refractivity contribution in [2.75, 3.05) is 0 Å². The fourth-order valence-electron chi connectivity index (χ4n) is 3.83. The Bertz CT molecular complexity index is 687. The number of hydrogen-bond acceptors (Lipinski definition) is 0. The van der Waals surface area contributed by atoms with E-state index < -0.39 is 11.6 Å². The van der Waals surface area contributed by atoms with Crippen LogP contribution in [0, 0.1) is 23.5 Å². The van der Waals surface area contributed by atoms with Gasteiger partial charge in [0.1, 0.15) is 11.6 Å². The van der Waals surface area contributed by atoms with Gasteiger partial charge in [0.15, 0.2) is 0 Å². The topological polar surface area (TPSA) is 0 Å². The molecule has 0 nitrogen and oxygen atoms in total. The quantitative estimate of drug-likeness (QED) is 0.537. The van der Waals surface area contributed by atoms with Crippen molar-refractivity contribution in [2.45, 2.75) is 45.4 Å². The number of allylic oxidation sites excluding steroid dienone is 1. The minimum absolute atomic E-state index is 0.544. The van der Waals surface area contributed by atoms with Gasteiger partial charge in [-0.05, 0) is 66.3 Å². The van der Waals surface area contributed by atoms with Crippen molar-refractivity contribution in [3.05, 3.63) is 65.7 Å². The van der Waals surface area contributed by atoms with Gasteiger partial charge < -0.3 is 0 Å². The van der Waals surface area contributed by atoms with E-state index in [1.807, 2.05) is 24.3 Å². The summed E-state index contributed by atoms with van der Waals surface area (Å²) in [6.45, 7) is 2.27. The molecule has 0 radical (unpaired) electrons. The molecule has 0 spiro atoms. The van der Waals surface area contributed by atoms with Gasteiger partial charge in [-0.1, -0.05) is 56.2 Å². The Labute approximate surface area is 149 Å². The van der Waals surface area contributed by atoms with Gasteiger partial charge in [0, 0.05) is 6.07 Å². The lowest BCUT2D eigenvalue weighted by Gasteiger charge is -2.26. The molecule has 0 saturated heterocycles. The highest BCUT2D eigenvalue weighted by molar-refractivity contribution is 5.65. The van der Waals surface area contributed by atoms with Crippen LogP contribution in [0.2, 0.25) is 0 Å². The summed E-state index contributed by atoms with van der Waals surface area (Å²) in [6, 6.07) is 11.5. The summed E-state index contributed by atoms with van der Waals surface area (Å²) < 4.78 is 26.7. The molecule has 0 aliphatic heterocycles. The van der Waals surface area contributed by atoms with Crippen LogP contribution < -0.4 is 0 Å². The first-order valence-electron chi connectivity index (χ1n) is 9.39. The van der Waals surface area contributed by atoms with E-state index in [1.165, 1.54) is 50.7 Å². The third kappa shape index (κ3) is 5.01. The maximum absolute atomic E-state index is 13.3. The summed E-state index contributed by atoms with van der Waals surface area (Å²) in [6.07, 6.45) is 12.5. The number of rotatable bonds is 5. The van der Waals surface area contributed by atoms with Gasteiger partial charge in [-0.15, -0.1) is 0 Å². The summed E-state index contributed by atoms with van der Waals surface area (Å²) in [7, 11) is 0. The summed E-state index contributed by atoms with van der Waals surface area (Å²) in [4.78, 5) is 0. The lowest BCUT2D eigenvalue weighted by atomic mass is 9.80. The molecule has 1 fully saturated rings.